The molecule has 180 valence electrons. The van der Waals surface area contributed by atoms with Crippen LogP contribution in [0.1, 0.15) is 26.3 Å². The number of amidine groups is 1. The van der Waals surface area contributed by atoms with E-state index in [1.165, 1.54) is 6.20 Å². The second-order valence-electron chi connectivity index (χ2n) is 8.18. The number of para-hydroxylation sites is 1. The average Bonchev–Trinajstić information content (AvgIpc) is 2.90. The van der Waals surface area contributed by atoms with Crippen molar-refractivity contribution in [2.45, 2.75) is 0 Å². The number of amides is 2. The zero-order valence-corrected chi connectivity index (χ0v) is 20.5. The van der Waals surface area contributed by atoms with Gasteiger partial charge in [-0.3, -0.25) is 15.0 Å². The van der Waals surface area contributed by atoms with E-state index in [0.29, 0.717) is 33.5 Å². The molecule has 3 aromatic carbocycles. The van der Waals surface area contributed by atoms with E-state index in [1.54, 1.807) is 53.4 Å². The van der Waals surface area contributed by atoms with Gasteiger partial charge in [-0.2, -0.15) is 0 Å². The summed E-state index contributed by atoms with van der Waals surface area (Å²) in [6, 6.07) is 24.8. The minimum Gasteiger partial charge on any atom is -0.363 e. The van der Waals surface area contributed by atoms with E-state index in [-0.39, 0.29) is 5.91 Å². The SMILES string of the molecule is CN(C)C(=N)c1ccccc1-c1ccc(C(=O)Nc2ccccc2C(=O)Nc2ccc(Cl)cn2)cc1. The molecule has 0 aliphatic rings. The maximum atomic E-state index is 13.0. The van der Waals surface area contributed by atoms with Gasteiger partial charge in [0.15, 0.2) is 0 Å². The lowest BCUT2D eigenvalue weighted by atomic mass is 9.97. The van der Waals surface area contributed by atoms with Gasteiger partial charge in [0.2, 0.25) is 0 Å². The van der Waals surface area contributed by atoms with Crippen LogP contribution in [0.3, 0.4) is 0 Å². The van der Waals surface area contributed by atoms with Crippen LogP contribution in [0, 0.1) is 5.41 Å². The standard InChI is InChI=1S/C28H24ClN5O2/c1-34(2)26(30)22-8-4-3-7-21(22)18-11-13-19(14-12-18)27(35)32-24-10-6-5-9-23(24)28(36)33-25-16-15-20(29)17-31-25/h3-17,30H,1-2H3,(H,32,35)(H,31,33,36). The average molecular weight is 498 g/mol. The Labute approximate surface area is 214 Å². The van der Waals surface area contributed by atoms with E-state index in [4.69, 9.17) is 17.0 Å². The molecule has 7 nitrogen and oxygen atoms in total. The number of hydrogen-bond donors (Lipinski definition) is 3. The summed E-state index contributed by atoms with van der Waals surface area (Å²) < 4.78 is 0. The van der Waals surface area contributed by atoms with Crippen molar-refractivity contribution in [3.05, 3.63) is 113 Å². The van der Waals surface area contributed by atoms with Crippen LogP contribution in [-0.4, -0.2) is 41.6 Å². The van der Waals surface area contributed by atoms with Gasteiger partial charge in [0, 0.05) is 31.4 Å². The van der Waals surface area contributed by atoms with Crippen molar-refractivity contribution in [3.63, 3.8) is 0 Å². The highest BCUT2D eigenvalue weighted by Crippen LogP contribution is 2.25. The molecule has 3 N–H and O–H groups in total. The Hall–Kier alpha value is -4.49. The van der Waals surface area contributed by atoms with Gasteiger partial charge in [-0.05, 0) is 47.5 Å². The molecule has 0 aliphatic heterocycles. The number of halogens is 1. The van der Waals surface area contributed by atoms with Crippen molar-refractivity contribution < 1.29 is 9.59 Å². The van der Waals surface area contributed by atoms with Gasteiger partial charge in [0.25, 0.3) is 11.8 Å². The first-order chi connectivity index (χ1) is 17.3. The first kappa shape index (κ1) is 24.6. The number of benzene rings is 3. The molecule has 8 heteroatoms. The van der Waals surface area contributed by atoms with E-state index < -0.39 is 5.91 Å². The van der Waals surface area contributed by atoms with Gasteiger partial charge < -0.3 is 15.5 Å². The van der Waals surface area contributed by atoms with Crippen molar-refractivity contribution in [3.8, 4) is 11.1 Å². The zero-order chi connectivity index (χ0) is 25.7. The molecule has 0 saturated carbocycles. The summed E-state index contributed by atoms with van der Waals surface area (Å²) in [6.45, 7) is 0. The van der Waals surface area contributed by atoms with Crippen LogP contribution in [0.25, 0.3) is 11.1 Å². The van der Waals surface area contributed by atoms with Crippen LogP contribution in [0.15, 0.2) is 91.1 Å². The quantitative estimate of drug-likeness (QED) is 0.232. The van der Waals surface area contributed by atoms with E-state index in [2.05, 4.69) is 15.6 Å². The number of carbonyl (C=O) groups excluding carboxylic acids is 2. The lowest BCUT2D eigenvalue weighted by Crippen LogP contribution is -2.22. The Morgan fingerprint density at radius 3 is 2.14 bits per heavy atom. The molecule has 36 heavy (non-hydrogen) atoms. The number of pyridine rings is 1. The number of carbonyl (C=O) groups is 2. The van der Waals surface area contributed by atoms with Gasteiger partial charge in [-0.25, -0.2) is 4.98 Å². The minimum absolute atomic E-state index is 0.301. The van der Waals surface area contributed by atoms with Crippen LogP contribution in [0.2, 0.25) is 5.02 Å². The minimum atomic E-state index is -0.406. The number of nitrogens with one attached hydrogen (secondary N) is 3. The maximum absolute atomic E-state index is 13.0. The fraction of sp³-hybridized carbons (Fsp3) is 0.0714. The molecule has 0 bridgehead atoms. The third-order valence-electron chi connectivity index (χ3n) is 5.48. The number of rotatable bonds is 6. The molecule has 4 rings (SSSR count). The molecule has 1 heterocycles. The van der Waals surface area contributed by atoms with Crippen LogP contribution < -0.4 is 10.6 Å². The predicted octanol–water partition coefficient (Wildman–Crippen LogP) is 5.79. The highest BCUT2D eigenvalue weighted by atomic mass is 35.5. The normalized spacial score (nSPS) is 10.4. The molecule has 0 atom stereocenters. The van der Waals surface area contributed by atoms with Gasteiger partial charge in [0.05, 0.1) is 16.3 Å². The van der Waals surface area contributed by atoms with Crippen molar-refractivity contribution in [1.82, 2.24) is 9.88 Å². The lowest BCUT2D eigenvalue weighted by molar-refractivity contribution is 0.102. The zero-order valence-electron chi connectivity index (χ0n) is 19.7. The van der Waals surface area contributed by atoms with Crippen LogP contribution in [0.5, 0.6) is 0 Å². The third-order valence-corrected chi connectivity index (χ3v) is 5.70. The van der Waals surface area contributed by atoms with Gasteiger partial charge >= 0.3 is 0 Å². The van der Waals surface area contributed by atoms with E-state index >= 15 is 0 Å². The Bertz CT molecular complexity index is 1420. The molecule has 4 aromatic rings. The van der Waals surface area contributed by atoms with Gasteiger partial charge in [-0.15, -0.1) is 0 Å². The molecule has 0 radical (unpaired) electrons. The van der Waals surface area contributed by atoms with Crippen molar-refractivity contribution in [2.24, 2.45) is 0 Å². The molecule has 0 saturated heterocycles. The van der Waals surface area contributed by atoms with Gasteiger partial charge in [0.1, 0.15) is 11.7 Å². The topological polar surface area (TPSA) is 98.2 Å². The maximum Gasteiger partial charge on any atom is 0.258 e. The van der Waals surface area contributed by atoms with Crippen LogP contribution in [-0.2, 0) is 0 Å². The molecule has 0 unspecified atom stereocenters. The number of aromatic nitrogens is 1. The molecule has 0 fully saturated rings. The summed E-state index contributed by atoms with van der Waals surface area (Å²) in [7, 11) is 3.66. The summed E-state index contributed by atoms with van der Waals surface area (Å²) >= 11 is 5.85. The second-order valence-corrected chi connectivity index (χ2v) is 8.62. The van der Waals surface area contributed by atoms with Crippen molar-refractivity contribution in [1.29, 1.82) is 5.41 Å². The molecule has 2 amide bonds. The van der Waals surface area contributed by atoms with Crippen LogP contribution >= 0.6 is 11.6 Å². The van der Waals surface area contributed by atoms with E-state index in [9.17, 15) is 9.59 Å². The molecule has 0 aliphatic carbocycles. The Morgan fingerprint density at radius 2 is 1.47 bits per heavy atom. The molecular weight excluding hydrogens is 474 g/mol. The Balaban J connectivity index is 1.52. The fourth-order valence-electron chi connectivity index (χ4n) is 3.60. The summed E-state index contributed by atoms with van der Waals surface area (Å²) in [5.41, 5.74) is 3.71. The number of nitrogens with zero attached hydrogens (tertiary/aromatic N) is 2. The van der Waals surface area contributed by atoms with Crippen molar-refractivity contribution >= 4 is 40.8 Å². The van der Waals surface area contributed by atoms with Crippen molar-refractivity contribution in [2.75, 3.05) is 24.7 Å². The highest BCUT2D eigenvalue weighted by Gasteiger charge is 2.16. The molecule has 0 spiro atoms. The fourth-order valence-corrected chi connectivity index (χ4v) is 3.71. The van der Waals surface area contributed by atoms with E-state index in [0.717, 1.165) is 16.7 Å². The van der Waals surface area contributed by atoms with Crippen LogP contribution in [0.4, 0.5) is 11.5 Å². The Morgan fingerprint density at radius 1 is 0.806 bits per heavy atom. The second kappa shape index (κ2) is 10.8. The Kier molecular flexibility index (Phi) is 7.42. The molecule has 1 aromatic heterocycles. The first-order valence-corrected chi connectivity index (χ1v) is 11.5. The smallest absolute Gasteiger partial charge is 0.258 e. The highest BCUT2D eigenvalue weighted by molar-refractivity contribution is 6.30. The van der Waals surface area contributed by atoms with Gasteiger partial charge in [-0.1, -0.05) is 60.1 Å². The summed E-state index contributed by atoms with van der Waals surface area (Å²) in [5, 5.41) is 14.4. The number of anilines is 2. The number of hydrogen-bond acceptors (Lipinski definition) is 4. The monoisotopic (exact) mass is 497 g/mol. The lowest BCUT2D eigenvalue weighted by Gasteiger charge is -2.17. The van der Waals surface area contributed by atoms with E-state index in [1.807, 2.05) is 50.5 Å². The summed E-state index contributed by atoms with van der Waals surface area (Å²) in [6.07, 6.45) is 1.44. The third kappa shape index (κ3) is 5.59. The molecular formula is C28H24ClN5O2. The predicted molar refractivity (Wildman–Crippen MR) is 144 cm³/mol. The summed E-state index contributed by atoms with van der Waals surface area (Å²) in [5.74, 6) is -0.00314. The summed E-state index contributed by atoms with van der Waals surface area (Å²) in [4.78, 5) is 31.6. The first-order valence-electron chi connectivity index (χ1n) is 11.1. The largest absolute Gasteiger partial charge is 0.363 e.